The van der Waals surface area contributed by atoms with Crippen LogP contribution in [0.4, 0.5) is 13.2 Å². The molecule has 1 saturated carbocycles. The van der Waals surface area contributed by atoms with E-state index in [1.165, 1.54) is 6.07 Å². The zero-order valence-corrected chi connectivity index (χ0v) is 12.9. The second-order valence-electron chi connectivity index (χ2n) is 6.52. The first-order valence-electron chi connectivity index (χ1n) is 8.08. The molecule has 1 aromatic carbocycles. The molecule has 1 aromatic rings. The number of carbonyl (C=O) groups is 1. The van der Waals surface area contributed by atoms with E-state index in [0.29, 0.717) is 31.5 Å². The maximum Gasteiger partial charge on any atom is 0.251 e. The van der Waals surface area contributed by atoms with Gasteiger partial charge in [-0.3, -0.25) is 9.69 Å². The first-order valence-corrected chi connectivity index (χ1v) is 8.08. The third-order valence-electron chi connectivity index (χ3n) is 4.86. The minimum absolute atomic E-state index is 0.0811. The summed E-state index contributed by atoms with van der Waals surface area (Å²) in [4.78, 5) is 14.2. The summed E-state index contributed by atoms with van der Waals surface area (Å²) in [7, 11) is 0. The van der Waals surface area contributed by atoms with Crippen molar-refractivity contribution >= 4 is 5.91 Å². The molecule has 0 spiro atoms. The molecule has 1 N–H and O–H groups in total. The lowest BCUT2D eigenvalue weighted by Gasteiger charge is -2.32. The molecular formula is C17H21F3N2O. The average molecular weight is 326 g/mol. The molecule has 0 atom stereocenters. The van der Waals surface area contributed by atoms with Crippen LogP contribution in [0.1, 0.15) is 31.2 Å². The summed E-state index contributed by atoms with van der Waals surface area (Å²) in [6.07, 6.45) is 0.294. The Morgan fingerprint density at radius 2 is 1.91 bits per heavy atom. The highest BCUT2D eigenvalue weighted by molar-refractivity contribution is 5.80. The number of benzene rings is 1. The normalized spacial score (nSPS) is 21.4. The zero-order valence-electron chi connectivity index (χ0n) is 12.9. The van der Waals surface area contributed by atoms with Crippen LogP contribution in [0, 0.1) is 11.7 Å². The Hall–Kier alpha value is -1.56. The van der Waals surface area contributed by atoms with Crippen LogP contribution in [0.2, 0.25) is 0 Å². The number of hydrogen-bond acceptors (Lipinski definition) is 2. The SMILES string of the molecule is O=C(NC1(c2ccccc2F)CC1)C1CCN(CC(F)F)CC1. The maximum atomic E-state index is 14.0. The van der Waals surface area contributed by atoms with Gasteiger partial charge in [0.05, 0.1) is 12.1 Å². The molecular weight excluding hydrogens is 305 g/mol. The molecule has 2 aliphatic rings. The van der Waals surface area contributed by atoms with Crippen molar-refractivity contribution in [2.24, 2.45) is 5.92 Å². The maximum absolute atomic E-state index is 14.0. The quantitative estimate of drug-likeness (QED) is 0.902. The van der Waals surface area contributed by atoms with Crippen LogP contribution in [-0.4, -0.2) is 36.9 Å². The molecule has 6 heteroatoms. The van der Waals surface area contributed by atoms with Crippen LogP contribution >= 0.6 is 0 Å². The fraction of sp³-hybridized carbons (Fsp3) is 0.588. The van der Waals surface area contributed by atoms with Crippen molar-refractivity contribution in [2.45, 2.75) is 37.6 Å². The summed E-state index contributed by atoms with van der Waals surface area (Å²) < 4.78 is 38.7. The van der Waals surface area contributed by atoms with Gasteiger partial charge in [-0.25, -0.2) is 13.2 Å². The molecule has 0 bridgehead atoms. The van der Waals surface area contributed by atoms with Gasteiger partial charge in [0.25, 0.3) is 6.43 Å². The number of carbonyl (C=O) groups excluding carboxylic acids is 1. The first-order chi connectivity index (χ1) is 11.0. The molecule has 126 valence electrons. The summed E-state index contributed by atoms with van der Waals surface area (Å²) in [5, 5.41) is 3.00. The molecule has 0 unspecified atom stereocenters. The number of halogens is 3. The minimum Gasteiger partial charge on any atom is -0.346 e. The summed E-state index contributed by atoms with van der Waals surface area (Å²) in [5.41, 5.74) is -0.0220. The lowest BCUT2D eigenvalue weighted by Crippen LogP contribution is -2.45. The highest BCUT2D eigenvalue weighted by Gasteiger charge is 2.48. The molecule has 0 radical (unpaired) electrons. The van der Waals surface area contributed by atoms with Gasteiger partial charge in [0.1, 0.15) is 5.82 Å². The van der Waals surface area contributed by atoms with Crippen molar-refractivity contribution in [3.63, 3.8) is 0 Å². The molecule has 0 aromatic heterocycles. The van der Waals surface area contributed by atoms with E-state index in [4.69, 9.17) is 0 Å². The van der Waals surface area contributed by atoms with Crippen LogP contribution in [-0.2, 0) is 10.3 Å². The number of amides is 1. The van der Waals surface area contributed by atoms with E-state index in [1.54, 1.807) is 23.1 Å². The van der Waals surface area contributed by atoms with Crippen molar-refractivity contribution < 1.29 is 18.0 Å². The van der Waals surface area contributed by atoms with Crippen molar-refractivity contribution in [3.05, 3.63) is 35.6 Å². The molecule has 2 fully saturated rings. The third-order valence-corrected chi connectivity index (χ3v) is 4.86. The van der Waals surface area contributed by atoms with Crippen LogP contribution in [0.5, 0.6) is 0 Å². The lowest BCUT2D eigenvalue weighted by molar-refractivity contribution is -0.127. The van der Waals surface area contributed by atoms with E-state index in [9.17, 15) is 18.0 Å². The van der Waals surface area contributed by atoms with Gasteiger partial charge in [0, 0.05) is 11.5 Å². The van der Waals surface area contributed by atoms with Gasteiger partial charge in [-0.05, 0) is 44.8 Å². The van der Waals surface area contributed by atoms with Crippen molar-refractivity contribution in [1.29, 1.82) is 0 Å². The Bertz CT molecular complexity index is 567. The fourth-order valence-electron chi connectivity index (χ4n) is 3.35. The molecule has 1 saturated heterocycles. The van der Waals surface area contributed by atoms with E-state index in [1.807, 2.05) is 0 Å². The van der Waals surface area contributed by atoms with Gasteiger partial charge in [-0.2, -0.15) is 0 Å². The van der Waals surface area contributed by atoms with Gasteiger partial charge >= 0.3 is 0 Å². The predicted molar refractivity (Wildman–Crippen MR) is 80.6 cm³/mol. The Morgan fingerprint density at radius 1 is 1.26 bits per heavy atom. The highest BCUT2D eigenvalue weighted by atomic mass is 19.3. The molecule has 1 amide bonds. The van der Waals surface area contributed by atoms with E-state index < -0.39 is 12.0 Å². The van der Waals surface area contributed by atoms with E-state index >= 15 is 0 Å². The predicted octanol–water partition coefficient (Wildman–Crippen LogP) is 2.91. The number of nitrogens with one attached hydrogen (secondary N) is 1. The fourth-order valence-corrected chi connectivity index (χ4v) is 3.35. The monoisotopic (exact) mass is 326 g/mol. The van der Waals surface area contributed by atoms with Gasteiger partial charge in [-0.15, -0.1) is 0 Å². The third kappa shape index (κ3) is 3.68. The topological polar surface area (TPSA) is 32.3 Å². The number of piperidine rings is 1. The van der Waals surface area contributed by atoms with E-state index in [2.05, 4.69) is 5.32 Å². The highest BCUT2D eigenvalue weighted by Crippen LogP contribution is 2.46. The largest absolute Gasteiger partial charge is 0.346 e. The number of likely N-dealkylation sites (tertiary alicyclic amines) is 1. The Labute approximate surface area is 133 Å². The zero-order chi connectivity index (χ0) is 16.4. The van der Waals surface area contributed by atoms with Crippen molar-refractivity contribution in [3.8, 4) is 0 Å². The van der Waals surface area contributed by atoms with Gasteiger partial charge in [-0.1, -0.05) is 18.2 Å². The molecule has 3 nitrogen and oxygen atoms in total. The Balaban J connectivity index is 1.57. The van der Waals surface area contributed by atoms with Crippen LogP contribution in [0.25, 0.3) is 0 Å². The van der Waals surface area contributed by atoms with Crippen LogP contribution in [0.15, 0.2) is 24.3 Å². The summed E-state index contributed by atoms with van der Waals surface area (Å²) in [6, 6.07) is 6.53. The lowest BCUT2D eigenvalue weighted by atomic mass is 9.94. The molecule has 3 rings (SSSR count). The second kappa shape index (κ2) is 6.51. The van der Waals surface area contributed by atoms with E-state index in [0.717, 1.165) is 12.8 Å². The number of alkyl halides is 2. The first kappa shape index (κ1) is 16.3. The van der Waals surface area contributed by atoms with Crippen molar-refractivity contribution in [2.75, 3.05) is 19.6 Å². The molecule has 23 heavy (non-hydrogen) atoms. The van der Waals surface area contributed by atoms with Gasteiger partial charge in [0.15, 0.2) is 0 Å². The summed E-state index contributed by atoms with van der Waals surface area (Å²) in [5.74, 6) is -0.548. The summed E-state index contributed by atoms with van der Waals surface area (Å²) in [6.45, 7) is 0.789. The smallest absolute Gasteiger partial charge is 0.251 e. The second-order valence-corrected chi connectivity index (χ2v) is 6.52. The Kier molecular flexibility index (Phi) is 4.62. The molecule has 1 heterocycles. The van der Waals surface area contributed by atoms with Gasteiger partial charge in [0.2, 0.25) is 5.91 Å². The van der Waals surface area contributed by atoms with Gasteiger partial charge < -0.3 is 5.32 Å². The van der Waals surface area contributed by atoms with Crippen LogP contribution in [0.3, 0.4) is 0 Å². The van der Waals surface area contributed by atoms with E-state index in [-0.39, 0.29) is 24.2 Å². The minimum atomic E-state index is -2.34. The molecule has 1 aliphatic heterocycles. The number of nitrogens with zero attached hydrogens (tertiary/aromatic N) is 1. The number of hydrogen-bond donors (Lipinski definition) is 1. The average Bonchev–Trinajstić information content (AvgIpc) is 3.28. The van der Waals surface area contributed by atoms with Crippen molar-refractivity contribution in [1.82, 2.24) is 10.2 Å². The molecule has 1 aliphatic carbocycles. The number of rotatable bonds is 5. The Morgan fingerprint density at radius 3 is 2.48 bits per heavy atom. The standard InChI is InChI=1S/C17H21F3N2O/c18-14-4-2-1-3-13(14)17(7-8-17)21-16(23)12-5-9-22(10-6-12)11-15(19)20/h1-4,12,15H,5-11H2,(H,21,23). The summed E-state index contributed by atoms with van der Waals surface area (Å²) >= 11 is 0. The van der Waals surface area contributed by atoms with Crippen LogP contribution < -0.4 is 5.32 Å².